The Balaban J connectivity index is 1.09. The Hall–Kier alpha value is -6.66. The molecule has 75 heavy (non-hydrogen) atoms. The van der Waals surface area contributed by atoms with Crippen molar-refractivity contribution in [3.8, 4) is 23.0 Å². The number of ether oxygens (including phenoxy) is 7. The van der Waals surface area contributed by atoms with Gasteiger partial charge < -0.3 is 64.2 Å². The van der Waals surface area contributed by atoms with Crippen LogP contribution in [0.15, 0.2) is 91.0 Å². The fourth-order valence-corrected chi connectivity index (χ4v) is 11.0. The lowest BCUT2D eigenvalue weighted by Gasteiger charge is -2.34. The van der Waals surface area contributed by atoms with Gasteiger partial charge in [-0.2, -0.15) is 11.8 Å². The van der Waals surface area contributed by atoms with Crippen LogP contribution in [0.1, 0.15) is 76.6 Å². The van der Waals surface area contributed by atoms with Gasteiger partial charge in [0.05, 0.1) is 75.8 Å². The number of hydrogen-bond donors (Lipinski definition) is 3. The van der Waals surface area contributed by atoms with E-state index in [1.54, 1.807) is 45.2 Å². The number of anilines is 5. The molecule has 0 unspecified atom stereocenters. The molecule has 8 rings (SSSR count). The zero-order valence-electron chi connectivity index (χ0n) is 44.2. The van der Waals surface area contributed by atoms with E-state index in [-0.39, 0.29) is 41.7 Å². The van der Waals surface area contributed by atoms with Gasteiger partial charge >= 0.3 is 0 Å². The predicted octanol–water partition coefficient (Wildman–Crippen LogP) is 8.76. The lowest BCUT2D eigenvalue weighted by atomic mass is 10.1. The topological polar surface area (TPSA) is 176 Å². The molecule has 0 bridgehead atoms. The van der Waals surface area contributed by atoms with E-state index in [0.29, 0.717) is 124 Å². The first-order valence-corrected chi connectivity index (χ1v) is 26.8. The van der Waals surface area contributed by atoms with Crippen molar-refractivity contribution in [2.24, 2.45) is 5.73 Å². The summed E-state index contributed by atoms with van der Waals surface area (Å²) in [6.45, 7) is 12.0. The summed E-state index contributed by atoms with van der Waals surface area (Å²) in [4.78, 5) is 46.1. The van der Waals surface area contributed by atoms with E-state index in [1.165, 1.54) is 0 Å². The molecule has 17 heteroatoms. The van der Waals surface area contributed by atoms with E-state index in [0.717, 1.165) is 57.9 Å². The molecule has 0 saturated heterocycles. The highest BCUT2D eigenvalue weighted by Gasteiger charge is 2.38. The van der Waals surface area contributed by atoms with E-state index in [2.05, 4.69) is 59.7 Å². The minimum atomic E-state index is -0.306. The second-order valence-electron chi connectivity index (χ2n) is 19.4. The number of benzene rings is 5. The van der Waals surface area contributed by atoms with Gasteiger partial charge in [-0.1, -0.05) is 36.4 Å². The van der Waals surface area contributed by atoms with Crippen LogP contribution in [0.5, 0.6) is 23.0 Å². The number of carbonyl (C=O) groups is 3. The van der Waals surface area contributed by atoms with Crippen LogP contribution in [0.3, 0.4) is 0 Å². The lowest BCUT2D eigenvalue weighted by molar-refractivity contribution is -0.118. The Morgan fingerprint density at radius 3 is 2.19 bits per heavy atom. The minimum absolute atomic E-state index is 0.0230. The van der Waals surface area contributed by atoms with Gasteiger partial charge in [0.1, 0.15) is 13.2 Å². The molecule has 3 amide bonds. The van der Waals surface area contributed by atoms with Gasteiger partial charge in [-0.05, 0) is 111 Å². The van der Waals surface area contributed by atoms with Crippen molar-refractivity contribution in [1.82, 2.24) is 0 Å². The van der Waals surface area contributed by atoms with Gasteiger partial charge in [0.15, 0.2) is 23.0 Å². The Morgan fingerprint density at radius 1 is 0.813 bits per heavy atom. The van der Waals surface area contributed by atoms with Crippen LogP contribution in [-0.2, 0) is 45.1 Å². The Bertz CT molecular complexity index is 2790. The van der Waals surface area contributed by atoms with Gasteiger partial charge in [-0.3, -0.25) is 14.4 Å². The summed E-state index contributed by atoms with van der Waals surface area (Å²) in [7, 11) is 4.80. The lowest BCUT2D eigenvalue weighted by Crippen LogP contribution is -2.39. The third-order valence-corrected chi connectivity index (χ3v) is 14.9. The zero-order valence-corrected chi connectivity index (χ0v) is 45.0. The molecule has 1 atom stereocenters. The van der Waals surface area contributed by atoms with Crippen LogP contribution in [0.2, 0.25) is 0 Å². The summed E-state index contributed by atoms with van der Waals surface area (Å²) in [6, 6.07) is 29.6. The van der Waals surface area contributed by atoms with Gasteiger partial charge in [0.25, 0.3) is 11.8 Å². The van der Waals surface area contributed by atoms with Crippen LogP contribution >= 0.6 is 11.8 Å². The largest absolute Gasteiger partial charge is 0.493 e. The molecular weight excluding hydrogens is 973 g/mol. The Kier molecular flexibility index (Phi) is 18.7. The molecule has 0 spiro atoms. The Morgan fingerprint density at radius 2 is 1.48 bits per heavy atom. The second-order valence-corrected chi connectivity index (χ2v) is 21.2. The number of nitrogens with two attached hydrogens (primary N) is 1. The molecule has 0 aliphatic carbocycles. The van der Waals surface area contributed by atoms with Crippen LogP contribution < -0.4 is 50.0 Å². The molecule has 5 aromatic carbocycles. The average Bonchev–Trinajstić information content (AvgIpc) is 3.99. The molecule has 4 N–H and O–H groups in total. The first-order valence-electron chi connectivity index (χ1n) is 25.8. The van der Waals surface area contributed by atoms with Gasteiger partial charge in [-0.25, -0.2) is 0 Å². The number of fused-ring (bicyclic) bond motifs is 5. The van der Waals surface area contributed by atoms with Crippen LogP contribution in [0.4, 0.5) is 28.4 Å². The molecule has 3 aliphatic rings. The van der Waals surface area contributed by atoms with Crippen LogP contribution in [0.25, 0.3) is 0 Å². The van der Waals surface area contributed by atoms with Crippen molar-refractivity contribution in [3.05, 3.63) is 124 Å². The second kappa shape index (κ2) is 25.7. The normalized spacial score (nSPS) is 14.5. The molecule has 5 aromatic rings. The Labute approximate surface area is 445 Å². The maximum Gasteiger partial charge on any atom is 0.260 e. The van der Waals surface area contributed by atoms with Crippen molar-refractivity contribution >= 4 is 57.9 Å². The third-order valence-electron chi connectivity index (χ3n) is 13.5. The number of amides is 3. The summed E-state index contributed by atoms with van der Waals surface area (Å²) < 4.78 is 41.9. The van der Waals surface area contributed by atoms with Gasteiger partial charge in [-0.15, -0.1) is 0 Å². The first-order chi connectivity index (χ1) is 36.4. The molecule has 0 fully saturated rings. The monoisotopic (exact) mass is 1040 g/mol. The molecule has 400 valence electrons. The van der Waals surface area contributed by atoms with Crippen molar-refractivity contribution < 1.29 is 47.5 Å². The van der Waals surface area contributed by atoms with E-state index < -0.39 is 0 Å². The predicted molar refractivity (Wildman–Crippen MR) is 297 cm³/mol. The maximum atomic E-state index is 14.3. The highest BCUT2D eigenvalue weighted by molar-refractivity contribution is 8.00. The number of nitrogens with zero attached hydrogens (tertiary/aromatic N) is 3. The SMILES string of the molecule is CCNc1cc(OCc2cc(COc3cc4c(cc3OC)C(=O)N3c5ccccc5C[C@H]3CN4)cc(N(CCOCCOCCOC)CC(C)(C)SCCCC(N)=O)c2)c(OC)cc1C(=O)N1CCc2ccccc21. The van der Waals surface area contributed by atoms with Crippen molar-refractivity contribution in [2.75, 3.05) is 118 Å². The summed E-state index contributed by atoms with van der Waals surface area (Å²) in [5.74, 6) is 2.09. The fourth-order valence-electron chi connectivity index (χ4n) is 9.91. The number of methoxy groups -OCH3 is 3. The van der Waals surface area contributed by atoms with Crippen molar-refractivity contribution in [3.63, 3.8) is 0 Å². The summed E-state index contributed by atoms with van der Waals surface area (Å²) in [5.41, 5.74) is 14.6. The summed E-state index contributed by atoms with van der Waals surface area (Å²) >= 11 is 1.79. The maximum absolute atomic E-state index is 14.3. The van der Waals surface area contributed by atoms with E-state index in [4.69, 9.17) is 38.9 Å². The van der Waals surface area contributed by atoms with Gasteiger partial charge in [0, 0.05) is 80.2 Å². The fraction of sp³-hybridized carbons (Fsp3) is 0.431. The van der Waals surface area contributed by atoms with E-state index >= 15 is 0 Å². The third kappa shape index (κ3) is 13.6. The number of thioether (sulfide) groups is 1. The first kappa shape index (κ1) is 54.6. The van der Waals surface area contributed by atoms with Crippen molar-refractivity contribution in [2.45, 2.75) is 70.5 Å². The standard InChI is InChI=1S/C58H72N6O10S/c1-7-60-47-33-53(51(69-5)31-45(47)56(66)63-19-18-41-13-8-10-15-49(41)63)73-36-39-27-40(29-43(28-39)62(20-21-71-24-25-72-23-22-68-4)38-58(2,3)75-26-12-17-55(59)65)37-74-54-34-48-46(32-52(54)70-6)57(67)64-44(35-61-48)30-42-14-9-11-16-50(42)64/h8-11,13-16,27-29,31-34,44,60-61H,7,12,17-26,30,35-38H2,1-6H3,(H2,59,65)/t44-/m0/s1. The molecule has 0 aromatic heterocycles. The van der Waals surface area contributed by atoms with E-state index in [1.807, 2.05) is 65.3 Å². The highest BCUT2D eigenvalue weighted by atomic mass is 32.2. The number of rotatable bonds is 28. The minimum Gasteiger partial charge on any atom is -0.493 e. The smallest absolute Gasteiger partial charge is 0.260 e. The summed E-state index contributed by atoms with van der Waals surface area (Å²) in [5, 5.41) is 6.95. The van der Waals surface area contributed by atoms with Crippen LogP contribution in [0, 0.1) is 0 Å². The molecule has 3 aliphatic heterocycles. The van der Waals surface area contributed by atoms with Crippen LogP contribution in [-0.4, -0.2) is 121 Å². The van der Waals surface area contributed by atoms with Gasteiger partial charge in [0.2, 0.25) is 5.91 Å². The zero-order chi connectivity index (χ0) is 52.9. The van der Waals surface area contributed by atoms with Crippen molar-refractivity contribution in [1.29, 1.82) is 0 Å². The number of para-hydroxylation sites is 2. The molecule has 16 nitrogen and oxygen atoms in total. The highest BCUT2D eigenvalue weighted by Crippen LogP contribution is 2.42. The quantitative estimate of drug-likeness (QED) is 0.0406. The average molecular weight is 1050 g/mol. The molecule has 3 heterocycles. The number of nitrogens with one attached hydrogen (secondary N) is 2. The number of hydrogen-bond acceptors (Lipinski definition) is 14. The molecule has 0 radical (unpaired) electrons. The number of carbonyl (C=O) groups excluding carboxylic acids is 3. The molecular formula is C58H72N6O10S. The van der Waals surface area contributed by atoms with E-state index in [9.17, 15) is 14.4 Å². The number of primary amides is 1. The molecule has 0 saturated carbocycles. The summed E-state index contributed by atoms with van der Waals surface area (Å²) in [6.07, 6.45) is 2.58.